The summed E-state index contributed by atoms with van der Waals surface area (Å²) in [5.41, 5.74) is -0.684. The van der Waals surface area contributed by atoms with Crippen LogP contribution >= 0.6 is 0 Å². The summed E-state index contributed by atoms with van der Waals surface area (Å²) in [7, 11) is 0. The zero-order valence-corrected chi connectivity index (χ0v) is 14.7. The minimum Gasteiger partial charge on any atom is -0.390 e. The number of carbonyl (C=O) groups excluding carboxylic acids is 2. The second kappa shape index (κ2) is 5.43. The lowest BCUT2D eigenvalue weighted by Crippen LogP contribution is -2.60. The highest BCUT2D eigenvalue weighted by molar-refractivity contribution is 6.06. The molecule has 5 rings (SSSR count). The summed E-state index contributed by atoms with van der Waals surface area (Å²) in [6.45, 7) is 3.89. The molecule has 5 fully saturated rings. The molecule has 5 aliphatic rings. The molecule has 3 amide bonds. The van der Waals surface area contributed by atoms with Gasteiger partial charge in [0.05, 0.1) is 12.6 Å². The molecular weight excluding hydrogens is 306 g/mol. The number of urea groups is 1. The van der Waals surface area contributed by atoms with E-state index in [1.807, 2.05) is 0 Å². The quantitative estimate of drug-likeness (QED) is 0.660. The van der Waals surface area contributed by atoms with Crippen molar-refractivity contribution in [3.05, 3.63) is 0 Å². The molecule has 1 atom stereocenters. The smallest absolute Gasteiger partial charge is 0.325 e. The van der Waals surface area contributed by atoms with Crippen LogP contribution < -0.4 is 10.6 Å². The van der Waals surface area contributed by atoms with Crippen LogP contribution in [-0.4, -0.2) is 52.2 Å². The molecule has 0 aromatic heterocycles. The Kier molecular flexibility index (Phi) is 3.69. The van der Waals surface area contributed by atoms with Gasteiger partial charge in [0.15, 0.2) is 0 Å². The maximum atomic E-state index is 12.2. The molecule has 0 unspecified atom stereocenters. The minimum absolute atomic E-state index is 0.0630. The number of β-amino-alcohol motifs (C(OH)–C–C–N with tert-alkyl or cyclic N) is 1. The number of rotatable bonds is 5. The molecule has 4 saturated carbocycles. The van der Waals surface area contributed by atoms with Crippen molar-refractivity contribution in [2.24, 2.45) is 17.8 Å². The lowest BCUT2D eigenvalue weighted by molar-refractivity contribution is -0.131. The fourth-order valence-corrected chi connectivity index (χ4v) is 5.92. The van der Waals surface area contributed by atoms with E-state index in [9.17, 15) is 14.7 Å². The number of carbonyl (C=O) groups is 2. The first-order chi connectivity index (χ1) is 11.3. The number of aliphatic hydroxyl groups excluding tert-OH is 1. The van der Waals surface area contributed by atoms with E-state index in [4.69, 9.17) is 0 Å². The lowest BCUT2D eigenvalue weighted by atomic mass is 9.53. The average Bonchev–Trinajstić information content (AvgIpc) is 2.66. The number of hydrogen-bond donors (Lipinski definition) is 3. The predicted octanol–water partition coefficient (Wildman–Crippen LogP) is 1.24. The molecule has 4 bridgehead atoms. The highest BCUT2D eigenvalue weighted by Crippen LogP contribution is 2.55. The number of nitrogens with zero attached hydrogens (tertiary/aromatic N) is 1. The van der Waals surface area contributed by atoms with Gasteiger partial charge in [0.1, 0.15) is 5.54 Å². The van der Waals surface area contributed by atoms with Crippen molar-refractivity contribution in [3.63, 3.8) is 0 Å². The van der Waals surface area contributed by atoms with Crippen LogP contribution in [0.15, 0.2) is 0 Å². The number of amides is 3. The monoisotopic (exact) mass is 335 g/mol. The SMILES string of the molecule is CC1(C)NC(=O)N(C[C@H](O)CNC23CC4CC(CC(C4)C2)C3)C1=O. The summed E-state index contributed by atoms with van der Waals surface area (Å²) in [4.78, 5) is 25.3. The molecule has 6 heteroatoms. The van der Waals surface area contributed by atoms with E-state index in [1.165, 1.54) is 38.5 Å². The maximum absolute atomic E-state index is 12.2. The molecule has 6 nitrogen and oxygen atoms in total. The van der Waals surface area contributed by atoms with Gasteiger partial charge in [0.2, 0.25) is 0 Å². The largest absolute Gasteiger partial charge is 0.390 e. The van der Waals surface area contributed by atoms with E-state index in [0.717, 1.165) is 22.7 Å². The molecule has 1 saturated heterocycles. The van der Waals surface area contributed by atoms with Crippen LogP contribution in [0.25, 0.3) is 0 Å². The van der Waals surface area contributed by atoms with Crippen LogP contribution in [0.4, 0.5) is 4.79 Å². The normalized spacial score (nSPS) is 41.0. The predicted molar refractivity (Wildman–Crippen MR) is 89.2 cm³/mol. The molecule has 0 radical (unpaired) electrons. The zero-order valence-electron chi connectivity index (χ0n) is 14.7. The summed E-state index contributed by atoms with van der Waals surface area (Å²) in [5.74, 6) is 2.30. The fourth-order valence-electron chi connectivity index (χ4n) is 5.92. The fraction of sp³-hybridized carbons (Fsp3) is 0.889. The van der Waals surface area contributed by atoms with Gasteiger partial charge in [-0.1, -0.05) is 0 Å². The Balaban J connectivity index is 1.33. The van der Waals surface area contributed by atoms with Crippen molar-refractivity contribution in [3.8, 4) is 0 Å². The zero-order chi connectivity index (χ0) is 17.1. The Morgan fingerprint density at radius 1 is 1.17 bits per heavy atom. The van der Waals surface area contributed by atoms with Crippen molar-refractivity contribution in [2.75, 3.05) is 13.1 Å². The summed E-state index contributed by atoms with van der Waals surface area (Å²) in [6.07, 6.45) is 7.12. The molecule has 0 aromatic rings. The molecule has 1 heterocycles. The van der Waals surface area contributed by atoms with E-state index in [0.29, 0.717) is 6.54 Å². The Hall–Kier alpha value is -1.14. The first-order valence-electron chi connectivity index (χ1n) is 9.33. The Morgan fingerprint density at radius 3 is 2.17 bits per heavy atom. The van der Waals surface area contributed by atoms with Crippen LogP contribution in [0.5, 0.6) is 0 Å². The van der Waals surface area contributed by atoms with Gasteiger partial charge in [-0.2, -0.15) is 0 Å². The van der Waals surface area contributed by atoms with Gasteiger partial charge in [-0.25, -0.2) is 4.79 Å². The van der Waals surface area contributed by atoms with Gasteiger partial charge in [0, 0.05) is 12.1 Å². The highest BCUT2D eigenvalue weighted by atomic mass is 16.3. The van der Waals surface area contributed by atoms with Crippen LogP contribution in [0.1, 0.15) is 52.4 Å². The van der Waals surface area contributed by atoms with Crippen LogP contribution in [0.3, 0.4) is 0 Å². The molecule has 3 N–H and O–H groups in total. The van der Waals surface area contributed by atoms with E-state index in [-0.39, 0.29) is 18.0 Å². The van der Waals surface area contributed by atoms with Gasteiger partial charge in [-0.05, 0) is 70.1 Å². The molecule has 4 aliphatic carbocycles. The lowest BCUT2D eigenvalue weighted by Gasteiger charge is -2.57. The Bertz CT molecular complexity index is 524. The second-order valence-corrected chi connectivity index (χ2v) is 9.20. The average molecular weight is 335 g/mol. The highest BCUT2D eigenvalue weighted by Gasteiger charge is 2.51. The summed E-state index contributed by atoms with van der Waals surface area (Å²) >= 11 is 0. The number of imide groups is 1. The molecule has 0 spiro atoms. The first kappa shape index (κ1) is 16.3. The van der Waals surface area contributed by atoms with E-state index in [2.05, 4.69) is 10.6 Å². The third-order valence-corrected chi connectivity index (χ3v) is 6.59. The summed E-state index contributed by atoms with van der Waals surface area (Å²) in [6, 6.07) is -0.404. The topological polar surface area (TPSA) is 81.7 Å². The van der Waals surface area contributed by atoms with E-state index < -0.39 is 17.7 Å². The Morgan fingerprint density at radius 2 is 1.71 bits per heavy atom. The molecule has 24 heavy (non-hydrogen) atoms. The van der Waals surface area contributed by atoms with Crippen LogP contribution in [0, 0.1) is 17.8 Å². The van der Waals surface area contributed by atoms with Crippen molar-refractivity contribution in [2.45, 2.75) is 69.6 Å². The van der Waals surface area contributed by atoms with Crippen molar-refractivity contribution in [1.29, 1.82) is 0 Å². The van der Waals surface area contributed by atoms with Crippen molar-refractivity contribution < 1.29 is 14.7 Å². The van der Waals surface area contributed by atoms with Gasteiger partial charge in [-0.15, -0.1) is 0 Å². The third-order valence-electron chi connectivity index (χ3n) is 6.59. The maximum Gasteiger partial charge on any atom is 0.325 e. The molecular formula is C18H29N3O3. The second-order valence-electron chi connectivity index (χ2n) is 9.20. The third kappa shape index (κ3) is 2.73. The molecule has 1 aliphatic heterocycles. The molecule has 0 aromatic carbocycles. The van der Waals surface area contributed by atoms with Crippen molar-refractivity contribution >= 4 is 11.9 Å². The van der Waals surface area contributed by atoms with Crippen molar-refractivity contribution in [1.82, 2.24) is 15.5 Å². The first-order valence-corrected chi connectivity index (χ1v) is 9.33. The summed E-state index contributed by atoms with van der Waals surface area (Å²) in [5, 5.41) is 16.7. The Labute approximate surface area is 143 Å². The number of aliphatic hydroxyl groups is 1. The van der Waals surface area contributed by atoms with Crippen LogP contribution in [-0.2, 0) is 4.79 Å². The van der Waals surface area contributed by atoms with Gasteiger partial charge >= 0.3 is 6.03 Å². The minimum atomic E-state index is -0.871. The number of nitrogens with one attached hydrogen (secondary N) is 2. The van der Waals surface area contributed by atoms with E-state index in [1.54, 1.807) is 13.8 Å². The number of hydrogen-bond acceptors (Lipinski definition) is 4. The van der Waals surface area contributed by atoms with Crippen LogP contribution in [0.2, 0.25) is 0 Å². The van der Waals surface area contributed by atoms with Gasteiger partial charge < -0.3 is 15.7 Å². The molecule has 134 valence electrons. The van der Waals surface area contributed by atoms with E-state index >= 15 is 0 Å². The standard InChI is InChI=1S/C18H29N3O3/c1-17(2)15(23)21(16(24)20-17)10-14(22)9-19-18-6-11-3-12(7-18)5-13(4-11)8-18/h11-14,19,22H,3-10H2,1-2H3,(H,20,24)/t11?,12?,13?,14-,18?/m1/s1. The summed E-state index contributed by atoms with van der Waals surface area (Å²) < 4.78 is 0. The van der Waals surface area contributed by atoms with Gasteiger partial charge in [-0.3, -0.25) is 9.69 Å². The van der Waals surface area contributed by atoms with Gasteiger partial charge in [0.25, 0.3) is 5.91 Å².